The summed E-state index contributed by atoms with van der Waals surface area (Å²) < 4.78 is 5.00. The van der Waals surface area contributed by atoms with E-state index in [9.17, 15) is 4.79 Å². The number of carbonyl (C=O) groups excluding carboxylic acids is 1. The zero-order chi connectivity index (χ0) is 13.7. The standard InChI is InChI=1S/C15H21N3O2/c1-9-2-14(17-20-9)16-15(19)18-8-12-4-10-3-11(5-12)7-13(18)6-10/h2,10-13H,3-8H2,1H3,(H,16,17,19). The second-order valence-electron chi connectivity index (χ2n) is 6.84. The van der Waals surface area contributed by atoms with Crippen molar-refractivity contribution in [3.05, 3.63) is 11.8 Å². The first kappa shape index (κ1) is 12.2. The molecule has 2 aliphatic heterocycles. The number of anilines is 1. The Kier molecular flexibility index (Phi) is 2.75. The molecule has 3 heterocycles. The third-order valence-electron chi connectivity index (χ3n) is 5.23. The summed E-state index contributed by atoms with van der Waals surface area (Å²) >= 11 is 0. The molecule has 2 unspecified atom stereocenters. The monoisotopic (exact) mass is 275 g/mol. The number of aromatic nitrogens is 1. The Morgan fingerprint density at radius 1 is 1.25 bits per heavy atom. The molecule has 5 heteroatoms. The van der Waals surface area contributed by atoms with E-state index in [1.165, 1.54) is 32.1 Å². The van der Waals surface area contributed by atoms with Crippen molar-refractivity contribution in [2.24, 2.45) is 17.8 Å². The van der Waals surface area contributed by atoms with Crippen LogP contribution >= 0.6 is 0 Å². The second kappa shape index (κ2) is 4.50. The molecule has 0 aromatic carbocycles. The molecule has 2 saturated carbocycles. The minimum Gasteiger partial charge on any atom is -0.360 e. The van der Waals surface area contributed by atoms with Gasteiger partial charge in [0.15, 0.2) is 5.82 Å². The number of hydrogen-bond donors (Lipinski definition) is 1. The van der Waals surface area contributed by atoms with Crippen molar-refractivity contribution in [1.29, 1.82) is 0 Å². The van der Waals surface area contributed by atoms with Crippen LogP contribution in [0, 0.1) is 24.7 Å². The van der Waals surface area contributed by atoms with Crippen molar-refractivity contribution < 1.29 is 9.32 Å². The highest BCUT2D eigenvalue weighted by atomic mass is 16.5. The molecule has 1 aromatic heterocycles. The Balaban J connectivity index is 1.51. The number of aryl methyl sites for hydroxylation is 1. The predicted octanol–water partition coefficient (Wildman–Crippen LogP) is 3.03. The summed E-state index contributed by atoms with van der Waals surface area (Å²) in [5, 5.41) is 6.73. The first-order valence-electron chi connectivity index (χ1n) is 7.68. The van der Waals surface area contributed by atoms with Crippen molar-refractivity contribution >= 4 is 11.8 Å². The average molecular weight is 275 g/mol. The van der Waals surface area contributed by atoms with Gasteiger partial charge in [-0.2, -0.15) is 0 Å². The largest absolute Gasteiger partial charge is 0.360 e. The molecule has 2 aliphatic carbocycles. The molecule has 5 rings (SSSR count). The molecule has 2 amide bonds. The van der Waals surface area contributed by atoms with E-state index >= 15 is 0 Å². The highest BCUT2D eigenvalue weighted by Gasteiger charge is 2.44. The first-order chi connectivity index (χ1) is 9.67. The number of rotatable bonds is 1. The summed E-state index contributed by atoms with van der Waals surface area (Å²) in [7, 11) is 0. The summed E-state index contributed by atoms with van der Waals surface area (Å²) in [5.41, 5.74) is 0. The molecule has 5 nitrogen and oxygen atoms in total. The van der Waals surface area contributed by atoms with Gasteiger partial charge in [0.1, 0.15) is 5.76 Å². The van der Waals surface area contributed by atoms with Crippen molar-refractivity contribution in [2.45, 2.75) is 45.1 Å². The molecule has 4 aliphatic rings. The van der Waals surface area contributed by atoms with Gasteiger partial charge in [0, 0.05) is 18.7 Å². The summed E-state index contributed by atoms with van der Waals surface area (Å²) in [5.74, 6) is 3.65. The molecule has 1 aromatic rings. The van der Waals surface area contributed by atoms with Crippen molar-refractivity contribution in [2.75, 3.05) is 11.9 Å². The van der Waals surface area contributed by atoms with E-state index in [0.717, 1.165) is 24.1 Å². The van der Waals surface area contributed by atoms with E-state index in [-0.39, 0.29) is 6.03 Å². The lowest BCUT2D eigenvalue weighted by Crippen LogP contribution is -2.44. The minimum atomic E-state index is -0.00324. The van der Waals surface area contributed by atoms with Crippen molar-refractivity contribution in [1.82, 2.24) is 10.1 Å². The molecule has 4 fully saturated rings. The lowest BCUT2D eigenvalue weighted by molar-refractivity contribution is 0.136. The molecule has 0 radical (unpaired) electrons. The third-order valence-corrected chi connectivity index (χ3v) is 5.23. The summed E-state index contributed by atoms with van der Waals surface area (Å²) in [6.07, 6.45) is 6.42. The van der Waals surface area contributed by atoms with E-state index in [1.807, 2.05) is 6.92 Å². The van der Waals surface area contributed by atoms with Crippen LogP contribution < -0.4 is 5.32 Å². The maximum atomic E-state index is 12.5. The lowest BCUT2D eigenvalue weighted by atomic mass is 9.68. The van der Waals surface area contributed by atoms with Crippen LogP contribution in [0.15, 0.2) is 10.6 Å². The quantitative estimate of drug-likeness (QED) is 0.857. The van der Waals surface area contributed by atoms with E-state index in [4.69, 9.17) is 4.52 Å². The van der Waals surface area contributed by atoms with E-state index in [2.05, 4.69) is 15.4 Å². The van der Waals surface area contributed by atoms with Gasteiger partial charge in [-0.15, -0.1) is 0 Å². The molecule has 2 atom stereocenters. The SMILES string of the molecule is Cc1cc(NC(=O)N2CC3CC4CC(C3)CC2C4)no1. The normalized spacial score (nSPS) is 35.1. The number of nitrogens with one attached hydrogen (secondary N) is 1. The van der Waals surface area contributed by atoms with Gasteiger partial charge in [0.25, 0.3) is 0 Å². The summed E-state index contributed by atoms with van der Waals surface area (Å²) in [6.45, 7) is 2.75. The number of hydrogen-bond acceptors (Lipinski definition) is 3. The first-order valence-corrected chi connectivity index (χ1v) is 7.68. The van der Waals surface area contributed by atoms with Gasteiger partial charge in [0.05, 0.1) is 0 Å². The number of urea groups is 1. The third kappa shape index (κ3) is 2.09. The van der Waals surface area contributed by atoms with Crippen LogP contribution in [0.2, 0.25) is 0 Å². The zero-order valence-corrected chi connectivity index (χ0v) is 11.8. The van der Waals surface area contributed by atoms with Gasteiger partial charge < -0.3 is 9.42 Å². The second-order valence-corrected chi connectivity index (χ2v) is 6.84. The van der Waals surface area contributed by atoms with Crippen LogP contribution in [0.4, 0.5) is 10.6 Å². The Morgan fingerprint density at radius 3 is 2.60 bits per heavy atom. The predicted molar refractivity (Wildman–Crippen MR) is 74.3 cm³/mol. The van der Waals surface area contributed by atoms with E-state index in [1.54, 1.807) is 6.07 Å². The number of amides is 2. The van der Waals surface area contributed by atoms with Crippen LogP contribution in [-0.4, -0.2) is 28.7 Å². The Labute approximate surface area is 118 Å². The fourth-order valence-electron chi connectivity index (χ4n) is 4.64. The van der Waals surface area contributed by atoms with Gasteiger partial charge in [-0.3, -0.25) is 5.32 Å². The van der Waals surface area contributed by atoms with E-state index < -0.39 is 0 Å². The van der Waals surface area contributed by atoms with E-state index in [0.29, 0.717) is 17.8 Å². The topological polar surface area (TPSA) is 58.4 Å². The van der Waals surface area contributed by atoms with Crippen molar-refractivity contribution in [3.8, 4) is 0 Å². The molecular formula is C15H21N3O2. The Hall–Kier alpha value is -1.52. The van der Waals surface area contributed by atoms with Crippen LogP contribution in [0.5, 0.6) is 0 Å². The highest BCUT2D eigenvalue weighted by molar-refractivity contribution is 5.88. The van der Waals surface area contributed by atoms with Gasteiger partial charge in [0.2, 0.25) is 0 Å². The van der Waals surface area contributed by atoms with Crippen LogP contribution in [0.3, 0.4) is 0 Å². The molecule has 20 heavy (non-hydrogen) atoms. The van der Waals surface area contributed by atoms with Crippen LogP contribution in [0.25, 0.3) is 0 Å². The van der Waals surface area contributed by atoms with Crippen LogP contribution in [-0.2, 0) is 0 Å². The lowest BCUT2D eigenvalue weighted by Gasteiger charge is -2.38. The minimum absolute atomic E-state index is 0.00324. The molecule has 108 valence electrons. The molecule has 0 spiro atoms. The number of fused-ring (bicyclic) bond motifs is 1. The zero-order valence-electron chi connectivity index (χ0n) is 11.8. The van der Waals surface area contributed by atoms with Gasteiger partial charge in [-0.1, -0.05) is 5.16 Å². The Bertz CT molecular complexity index is 513. The smallest absolute Gasteiger partial charge is 0.323 e. The van der Waals surface area contributed by atoms with Crippen molar-refractivity contribution in [3.63, 3.8) is 0 Å². The number of carbonyl (C=O) groups is 1. The Morgan fingerprint density at radius 2 is 1.95 bits per heavy atom. The molecule has 4 bridgehead atoms. The average Bonchev–Trinajstić information content (AvgIpc) is 2.69. The van der Waals surface area contributed by atoms with Gasteiger partial charge >= 0.3 is 6.03 Å². The molecule has 1 N–H and O–H groups in total. The maximum Gasteiger partial charge on any atom is 0.323 e. The van der Waals surface area contributed by atoms with Gasteiger partial charge in [-0.05, 0) is 56.8 Å². The molecular weight excluding hydrogens is 254 g/mol. The fourth-order valence-corrected chi connectivity index (χ4v) is 4.64. The maximum absolute atomic E-state index is 12.5. The summed E-state index contributed by atoms with van der Waals surface area (Å²) in [6, 6.07) is 2.19. The summed E-state index contributed by atoms with van der Waals surface area (Å²) in [4.78, 5) is 14.6. The fraction of sp³-hybridized carbons (Fsp3) is 0.733. The van der Waals surface area contributed by atoms with Crippen LogP contribution in [0.1, 0.15) is 37.9 Å². The highest BCUT2D eigenvalue weighted by Crippen LogP contribution is 2.47. The van der Waals surface area contributed by atoms with Gasteiger partial charge in [-0.25, -0.2) is 4.79 Å². The number of nitrogens with zero attached hydrogens (tertiary/aromatic N) is 2. The molecule has 2 saturated heterocycles.